The molecule has 0 radical (unpaired) electrons. The molecule has 1 atom stereocenters. The van der Waals surface area contributed by atoms with Crippen molar-refractivity contribution in [2.75, 3.05) is 20.3 Å². The lowest BCUT2D eigenvalue weighted by molar-refractivity contribution is -0.700. The summed E-state index contributed by atoms with van der Waals surface area (Å²) in [6.45, 7) is 1.60. The number of fused-ring (bicyclic) bond motifs is 1. The van der Waals surface area contributed by atoms with E-state index >= 15 is 0 Å². The van der Waals surface area contributed by atoms with Crippen LogP contribution in [-0.4, -0.2) is 20.3 Å². The number of ether oxygens (including phenoxy) is 1. The van der Waals surface area contributed by atoms with Gasteiger partial charge < -0.3 is 10.1 Å². The van der Waals surface area contributed by atoms with E-state index < -0.39 is 0 Å². The zero-order chi connectivity index (χ0) is 9.97. The first-order chi connectivity index (χ1) is 6.83. The van der Waals surface area contributed by atoms with Crippen LogP contribution in [0.25, 0.3) is 0 Å². The Kier molecular flexibility index (Phi) is 2.79. The van der Waals surface area contributed by atoms with E-state index in [4.69, 9.17) is 4.74 Å². The van der Waals surface area contributed by atoms with Gasteiger partial charge in [-0.25, -0.2) is 4.39 Å². The van der Waals surface area contributed by atoms with E-state index in [1.807, 2.05) is 6.07 Å². The predicted octanol–water partition coefficient (Wildman–Crippen LogP) is 0.633. The fourth-order valence-electron chi connectivity index (χ4n) is 2.08. The van der Waals surface area contributed by atoms with E-state index in [1.54, 1.807) is 13.2 Å². The average Bonchev–Trinajstić information content (AvgIpc) is 2.20. The van der Waals surface area contributed by atoms with Crippen molar-refractivity contribution in [1.82, 2.24) is 0 Å². The lowest BCUT2D eigenvalue weighted by atomic mass is 9.94. The number of nitrogens with two attached hydrogens (primary N) is 1. The van der Waals surface area contributed by atoms with Crippen molar-refractivity contribution in [3.8, 4) is 0 Å². The molecule has 1 aromatic rings. The van der Waals surface area contributed by atoms with E-state index in [0.29, 0.717) is 6.61 Å². The van der Waals surface area contributed by atoms with Crippen LogP contribution in [-0.2, 0) is 11.2 Å². The Bertz CT molecular complexity index is 327. The summed E-state index contributed by atoms with van der Waals surface area (Å²) in [5.41, 5.74) is 1.97. The molecule has 0 saturated heterocycles. The lowest BCUT2D eigenvalue weighted by Gasteiger charge is -2.23. The van der Waals surface area contributed by atoms with Crippen LogP contribution in [0.3, 0.4) is 0 Å². The van der Waals surface area contributed by atoms with Gasteiger partial charge in [0.05, 0.1) is 6.54 Å². The maximum Gasteiger partial charge on any atom is 0.136 e. The van der Waals surface area contributed by atoms with E-state index in [1.165, 1.54) is 6.07 Å². The van der Waals surface area contributed by atoms with Gasteiger partial charge in [0.2, 0.25) is 0 Å². The molecule has 2 rings (SSSR count). The standard InChI is InChI=1S/C11H14FNO/c1-14-7-11-9-3-2-4-10(12)8(9)5-6-13-11/h2-4,11,13H,5-7H2,1H3/p+1. The highest BCUT2D eigenvalue weighted by Crippen LogP contribution is 2.21. The van der Waals surface area contributed by atoms with E-state index in [2.05, 4.69) is 5.32 Å². The number of halogens is 1. The van der Waals surface area contributed by atoms with Crippen molar-refractivity contribution in [1.29, 1.82) is 0 Å². The van der Waals surface area contributed by atoms with Crippen molar-refractivity contribution in [3.05, 3.63) is 35.1 Å². The molecule has 14 heavy (non-hydrogen) atoms. The minimum absolute atomic E-state index is 0.0725. The van der Waals surface area contributed by atoms with Crippen LogP contribution >= 0.6 is 0 Å². The molecule has 0 fully saturated rings. The van der Waals surface area contributed by atoms with Gasteiger partial charge in [0, 0.05) is 24.7 Å². The quantitative estimate of drug-likeness (QED) is 0.737. The molecule has 1 aliphatic heterocycles. The molecule has 3 heteroatoms. The van der Waals surface area contributed by atoms with Crippen molar-refractivity contribution in [3.63, 3.8) is 0 Å². The molecule has 1 heterocycles. The second-order valence-corrected chi connectivity index (χ2v) is 3.64. The van der Waals surface area contributed by atoms with Crippen LogP contribution in [0.15, 0.2) is 18.2 Å². The molecule has 2 nitrogen and oxygen atoms in total. The van der Waals surface area contributed by atoms with E-state index in [-0.39, 0.29) is 11.9 Å². The highest BCUT2D eigenvalue weighted by molar-refractivity contribution is 5.31. The molecular formula is C11H15FNO+. The summed E-state index contributed by atoms with van der Waals surface area (Å²) in [4.78, 5) is 0. The molecule has 1 aromatic carbocycles. The second-order valence-electron chi connectivity index (χ2n) is 3.64. The Labute approximate surface area is 83.1 Å². The molecule has 0 bridgehead atoms. The molecule has 76 valence electrons. The molecule has 0 amide bonds. The Balaban J connectivity index is 2.34. The molecule has 0 aromatic heterocycles. The Morgan fingerprint density at radius 3 is 3.21 bits per heavy atom. The molecule has 1 unspecified atom stereocenters. The fourth-order valence-corrected chi connectivity index (χ4v) is 2.08. The van der Waals surface area contributed by atoms with Crippen LogP contribution in [0, 0.1) is 5.82 Å². The minimum atomic E-state index is -0.0725. The van der Waals surface area contributed by atoms with Gasteiger partial charge in [-0.3, -0.25) is 0 Å². The fraction of sp³-hybridized carbons (Fsp3) is 0.455. The summed E-state index contributed by atoms with van der Waals surface area (Å²) in [6.07, 6.45) is 0.822. The monoisotopic (exact) mass is 196 g/mol. The average molecular weight is 196 g/mol. The van der Waals surface area contributed by atoms with Crippen molar-refractivity contribution < 1.29 is 14.4 Å². The highest BCUT2D eigenvalue weighted by Gasteiger charge is 2.24. The Morgan fingerprint density at radius 2 is 2.43 bits per heavy atom. The van der Waals surface area contributed by atoms with Gasteiger partial charge in [0.15, 0.2) is 0 Å². The van der Waals surface area contributed by atoms with Gasteiger partial charge in [-0.1, -0.05) is 12.1 Å². The van der Waals surface area contributed by atoms with Gasteiger partial charge >= 0.3 is 0 Å². The smallest absolute Gasteiger partial charge is 0.136 e. The summed E-state index contributed by atoms with van der Waals surface area (Å²) in [7, 11) is 1.68. The number of hydrogen-bond acceptors (Lipinski definition) is 1. The molecule has 0 saturated carbocycles. The maximum atomic E-state index is 13.4. The largest absolute Gasteiger partial charge is 0.378 e. The summed E-state index contributed by atoms with van der Waals surface area (Å²) in [6, 6.07) is 5.57. The van der Waals surface area contributed by atoms with Gasteiger partial charge in [0.25, 0.3) is 0 Å². The second kappa shape index (κ2) is 4.07. The van der Waals surface area contributed by atoms with Gasteiger partial charge in [-0.15, -0.1) is 0 Å². The van der Waals surface area contributed by atoms with Crippen LogP contribution in [0.5, 0.6) is 0 Å². The zero-order valence-electron chi connectivity index (χ0n) is 8.29. The third-order valence-electron chi connectivity index (χ3n) is 2.75. The van der Waals surface area contributed by atoms with Crippen LogP contribution in [0.4, 0.5) is 4.39 Å². The van der Waals surface area contributed by atoms with Gasteiger partial charge in [-0.2, -0.15) is 0 Å². The maximum absolute atomic E-state index is 13.4. The first-order valence-electron chi connectivity index (χ1n) is 4.92. The molecule has 0 aliphatic carbocycles. The highest BCUT2D eigenvalue weighted by atomic mass is 19.1. The third kappa shape index (κ3) is 1.65. The Hall–Kier alpha value is -0.930. The zero-order valence-corrected chi connectivity index (χ0v) is 8.29. The van der Waals surface area contributed by atoms with Crippen molar-refractivity contribution >= 4 is 0 Å². The SMILES string of the molecule is COCC1[NH2+]CCc2c(F)cccc21. The minimum Gasteiger partial charge on any atom is -0.378 e. The van der Waals surface area contributed by atoms with Crippen molar-refractivity contribution in [2.24, 2.45) is 0 Å². The number of benzene rings is 1. The van der Waals surface area contributed by atoms with Crippen molar-refractivity contribution in [2.45, 2.75) is 12.5 Å². The van der Waals surface area contributed by atoms with Gasteiger partial charge in [0.1, 0.15) is 18.5 Å². The summed E-state index contributed by atoms with van der Waals surface area (Å²) in [5, 5.41) is 2.21. The summed E-state index contributed by atoms with van der Waals surface area (Å²) in [5.74, 6) is -0.0725. The third-order valence-corrected chi connectivity index (χ3v) is 2.75. The first kappa shape index (κ1) is 9.62. The lowest BCUT2D eigenvalue weighted by Crippen LogP contribution is -2.88. The molecule has 0 spiro atoms. The van der Waals surface area contributed by atoms with Crippen LogP contribution in [0.2, 0.25) is 0 Å². The van der Waals surface area contributed by atoms with E-state index in [9.17, 15) is 4.39 Å². The number of rotatable bonds is 2. The number of methoxy groups -OCH3 is 1. The summed E-state index contributed by atoms with van der Waals surface area (Å²) >= 11 is 0. The topological polar surface area (TPSA) is 25.8 Å². The number of quaternary nitrogens is 1. The molecule has 2 N–H and O–H groups in total. The Morgan fingerprint density at radius 1 is 1.57 bits per heavy atom. The van der Waals surface area contributed by atoms with E-state index in [0.717, 1.165) is 24.1 Å². The van der Waals surface area contributed by atoms with Gasteiger partial charge in [-0.05, 0) is 6.07 Å². The normalized spacial score (nSPS) is 20.6. The first-order valence-corrected chi connectivity index (χ1v) is 4.92. The number of hydrogen-bond donors (Lipinski definition) is 1. The van der Waals surface area contributed by atoms with Crippen LogP contribution in [0.1, 0.15) is 17.2 Å². The molecule has 1 aliphatic rings. The summed E-state index contributed by atoms with van der Waals surface area (Å²) < 4.78 is 18.6. The molecular weight excluding hydrogens is 181 g/mol. The van der Waals surface area contributed by atoms with Crippen LogP contribution < -0.4 is 5.32 Å². The predicted molar refractivity (Wildman–Crippen MR) is 51.5 cm³/mol.